The molecule has 0 saturated carbocycles. The Hall–Kier alpha value is -1.44. The van der Waals surface area contributed by atoms with E-state index >= 15 is 0 Å². The molecule has 0 aromatic heterocycles. The molecule has 0 heterocycles. The van der Waals surface area contributed by atoms with Crippen molar-refractivity contribution in [2.24, 2.45) is 0 Å². The van der Waals surface area contributed by atoms with E-state index in [0.29, 0.717) is 13.1 Å². The molecule has 0 spiro atoms. The predicted octanol–water partition coefficient (Wildman–Crippen LogP) is 3.41. The Morgan fingerprint density at radius 2 is 1.90 bits per heavy atom. The highest BCUT2D eigenvalue weighted by atomic mass is 79.9. The maximum atomic E-state index is 12.3. The Labute approximate surface area is 122 Å². The van der Waals surface area contributed by atoms with Crippen LogP contribution in [0.3, 0.4) is 0 Å². The van der Waals surface area contributed by atoms with Crippen LogP contribution >= 0.6 is 15.9 Å². The topological polar surface area (TPSA) is 55.6 Å². The van der Waals surface area contributed by atoms with E-state index in [-0.39, 0.29) is 15.7 Å². The Bertz CT molecular complexity index is 502. The minimum Gasteiger partial charge on any atom is -0.404 e. The minimum atomic E-state index is -4.87. The quantitative estimate of drug-likeness (QED) is 0.843. The predicted molar refractivity (Wildman–Crippen MR) is 72.5 cm³/mol. The van der Waals surface area contributed by atoms with Gasteiger partial charge in [-0.05, 0) is 26.0 Å². The van der Waals surface area contributed by atoms with Crippen molar-refractivity contribution in [3.05, 3.63) is 22.2 Å². The second kappa shape index (κ2) is 6.34. The molecule has 0 radical (unpaired) electrons. The summed E-state index contributed by atoms with van der Waals surface area (Å²) in [6.45, 7) is 4.39. The van der Waals surface area contributed by atoms with E-state index in [0.717, 1.165) is 6.07 Å². The Morgan fingerprint density at radius 3 is 2.35 bits per heavy atom. The lowest BCUT2D eigenvalue weighted by molar-refractivity contribution is -0.274. The summed E-state index contributed by atoms with van der Waals surface area (Å²) in [5.41, 5.74) is 5.26. The number of carbonyl (C=O) groups excluding carboxylic acids is 1. The van der Waals surface area contributed by atoms with Crippen LogP contribution in [0.4, 0.5) is 18.9 Å². The monoisotopic (exact) mass is 354 g/mol. The highest BCUT2D eigenvalue weighted by Gasteiger charge is 2.33. The summed E-state index contributed by atoms with van der Waals surface area (Å²) < 4.78 is 41.0. The number of hydrogen-bond donors (Lipinski definition) is 1. The van der Waals surface area contributed by atoms with Gasteiger partial charge < -0.3 is 15.4 Å². The molecule has 0 aliphatic carbocycles. The van der Waals surface area contributed by atoms with E-state index in [1.807, 2.05) is 0 Å². The molecule has 0 unspecified atom stereocenters. The molecular weight excluding hydrogens is 341 g/mol. The van der Waals surface area contributed by atoms with Gasteiger partial charge in [0.05, 0.1) is 11.3 Å². The van der Waals surface area contributed by atoms with Crippen molar-refractivity contribution < 1.29 is 22.7 Å². The van der Waals surface area contributed by atoms with Crippen molar-refractivity contribution in [2.75, 3.05) is 18.8 Å². The first-order chi connectivity index (χ1) is 9.19. The molecule has 0 saturated heterocycles. The number of nitrogen functional groups attached to an aromatic ring is 1. The van der Waals surface area contributed by atoms with Crippen LogP contribution in [0.1, 0.15) is 24.2 Å². The molecule has 4 nitrogen and oxygen atoms in total. The number of amides is 1. The van der Waals surface area contributed by atoms with E-state index < -0.39 is 18.0 Å². The average molecular weight is 355 g/mol. The normalized spacial score (nSPS) is 11.3. The summed E-state index contributed by atoms with van der Waals surface area (Å²) in [4.78, 5) is 13.6. The third-order valence-electron chi connectivity index (χ3n) is 2.61. The van der Waals surface area contributed by atoms with Crippen molar-refractivity contribution in [1.82, 2.24) is 4.90 Å². The summed E-state index contributed by atoms with van der Waals surface area (Å²) in [5.74, 6) is -1.04. The van der Waals surface area contributed by atoms with Crippen LogP contribution in [0.2, 0.25) is 0 Å². The standard InChI is InChI=1S/C12H14BrF3N2O2/c1-3-18(4-2)11(19)8-5-7(13)6-9(10(8)17)20-12(14,15)16/h5-6H,3-4,17H2,1-2H3. The fourth-order valence-electron chi connectivity index (χ4n) is 1.66. The number of benzene rings is 1. The highest BCUT2D eigenvalue weighted by molar-refractivity contribution is 9.10. The first-order valence-electron chi connectivity index (χ1n) is 5.83. The number of rotatable bonds is 4. The fourth-order valence-corrected chi connectivity index (χ4v) is 2.10. The van der Waals surface area contributed by atoms with Crippen LogP contribution in [0.25, 0.3) is 0 Å². The van der Waals surface area contributed by atoms with Gasteiger partial charge in [0, 0.05) is 17.6 Å². The summed E-state index contributed by atoms with van der Waals surface area (Å²) in [7, 11) is 0. The van der Waals surface area contributed by atoms with Crippen molar-refractivity contribution in [3.8, 4) is 5.75 Å². The molecule has 1 rings (SSSR count). The number of anilines is 1. The Balaban J connectivity index is 3.25. The molecule has 20 heavy (non-hydrogen) atoms. The highest BCUT2D eigenvalue weighted by Crippen LogP contribution is 2.34. The molecule has 1 aromatic carbocycles. The fraction of sp³-hybridized carbons (Fsp3) is 0.417. The number of nitrogens with two attached hydrogens (primary N) is 1. The van der Waals surface area contributed by atoms with E-state index in [9.17, 15) is 18.0 Å². The van der Waals surface area contributed by atoms with Crippen LogP contribution in [0.5, 0.6) is 5.75 Å². The maximum absolute atomic E-state index is 12.3. The lowest BCUT2D eigenvalue weighted by Gasteiger charge is -2.21. The minimum absolute atomic E-state index is 0.0256. The lowest BCUT2D eigenvalue weighted by atomic mass is 10.1. The number of ether oxygens (including phenoxy) is 1. The molecule has 1 amide bonds. The second-order valence-electron chi connectivity index (χ2n) is 3.89. The zero-order valence-corrected chi connectivity index (χ0v) is 12.5. The van der Waals surface area contributed by atoms with Gasteiger partial charge in [0.2, 0.25) is 0 Å². The summed E-state index contributed by atoms with van der Waals surface area (Å²) >= 11 is 3.04. The van der Waals surface area contributed by atoms with E-state index in [1.54, 1.807) is 13.8 Å². The summed E-state index contributed by atoms with van der Waals surface area (Å²) in [6.07, 6.45) is -4.87. The average Bonchev–Trinajstić information content (AvgIpc) is 2.32. The van der Waals surface area contributed by atoms with Crippen molar-refractivity contribution in [1.29, 1.82) is 0 Å². The van der Waals surface area contributed by atoms with Gasteiger partial charge in [-0.25, -0.2) is 0 Å². The third-order valence-corrected chi connectivity index (χ3v) is 3.07. The molecule has 0 atom stereocenters. The number of halogens is 4. The van der Waals surface area contributed by atoms with E-state index in [1.165, 1.54) is 11.0 Å². The van der Waals surface area contributed by atoms with Gasteiger partial charge >= 0.3 is 6.36 Å². The second-order valence-corrected chi connectivity index (χ2v) is 4.81. The van der Waals surface area contributed by atoms with Gasteiger partial charge in [-0.15, -0.1) is 13.2 Å². The zero-order valence-electron chi connectivity index (χ0n) is 10.9. The molecule has 0 aliphatic rings. The van der Waals surface area contributed by atoms with Crippen LogP contribution in [0, 0.1) is 0 Å². The first kappa shape index (κ1) is 16.6. The number of alkyl halides is 3. The van der Waals surface area contributed by atoms with Crippen LogP contribution in [-0.4, -0.2) is 30.3 Å². The van der Waals surface area contributed by atoms with Crippen molar-refractivity contribution >= 4 is 27.5 Å². The first-order valence-corrected chi connectivity index (χ1v) is 6.62. The molecule has 0 bridgehead atoms. The Morgan fingerprint density at radius 1 is 1.35 bits per heavy atom. The Kier molecular flexibility index (Phi) is 5.27. The van der Waals surface area contributed by atoms with Gasteiger partial charge in [0.25, 0.3) is 5.91 Å². The zero-order chi connectivity index (χ0) is 15.5. The smallest absolute Gasteiger partial charge is 0.404 e. The number of hydrogen-bond acceptors (Lipinski definition) is 3. The number of carbonyl (C=O) groups is 1. The van der Waals surface area contributed by atoms with Gasteiger partial charge in [-0.1, -0.05) is 15.9 Å². The largest absolute Gasteiger partial charge is 0.573 e. The molecule has 0 fully saturated rings. The SMILES string of the molecule is CCN(CC)C(=O)c1cc(Br)cc(OC(F)(F)F)c1N. The van der Waals surface area contributed by atoms with Gasteiger partial charge in [0.15, 0.2) is 5.75 Å². The van der Waals surface area contributed by atoms with Crippen LogP contribution in [-0.2, 0) is 0 Å². The maximum Gasteiger partial charge on any atom is 0.573 e. The molecule has 1 aromatic rings. The van der Waals surface area contributed by atoms with Gasteiger partial charge in [-0.2, -0.15) is 0 Å². The van der Waals surface area contributed by atoms with E-state index in [4.69, 9.17) is 5.73 Å². The van der Waals surface area contributed by atoms with Crippen LogP contribution in [0.15, 0.2) is 16.6 Å². The molecule has 8 heteroatoms. The van der Waals surface area contributed by atoms with E-state index in [2.05, 4.69) is 20.7 Å². The van der Waals surface area contributed by atoms with Crippen LogP contribution < -0.4 is 10.5 Å². The molecule has 0 aliphatic heterocycles. The molecule has 2 N–H and O–H groups in total. The molecule has 112 valence electrons. The van der Waals surface area contributed by atoms with Gasteiger partial charge in [-0.3, -0.25) is 4.79 Å². The van der Waals surface area contributed by atoms with Crippen molar-refractivity contribution in [2.45, 2.75) is 20.2 Å². The van der Waals surface area contributed by atoms with Gasteiger partial charge in [0.1, 0.15) is 0 Å². The summed E-state index contributed by atoms with van der Waals surface area (Å²) in [6, 6.07) is 2.45. The van der Waals surface area contributed by atoms with Crippen molar-refractivity contribution in [3.63, 3.8) is 0 Å². The summed E-state index contributed by atoms with van der Waals surface area (Å²) in [5, 5.41) is 0. The lowest BCUT2D eigenvalue weighted by Crippen LogP contribution is -2.31. The third kappa shape index (κ3) is 4.03. The molecular formula is C12H14BrF3N2O2. The number of nitrogens with zero attached hydrogens (tertiary/aromatic N) is 1.